The average Bonchev–Trinajstić information content (AvgIpc) is 2.83. The molecule has 4 bridgehead atoms. The lowest BCUT2D eigenvalue weighted by molar-refractivity contribution is -0.118. The van der Waals surface area contributed by atoms with Crippen LogP contribution in [0.5, 0.6) is 11.5 Å². The lowest BCUT2D eigenvalue weighted by atomic mass is 9.48. The quantitative estimate of drug-likeness (QED) is 0.353. The summed E-state index contributed by atoms with van der Waals surface area (Å²) in [6.45, 7) is 2.14. The van der Waals surface area contributed by atoms with Crippen LogP contribution in [0.4, 0.5) is 10.5 Å². The number of primary amides is 1. The molecular weight excluding hydrogens is 456 g/mol. The Labute approximate surface area is 211 Å². The topological polar surface area (TPSA) is 115 Å². The molecule has 190 valence electrons. The molecule has 4 aliphatic rings. The van der Waals surface area contributed by atoms with E-state index in [2.05, 4.69) is 28.0 Å². The molecule has 4 aliphatic carbocycles. The van der Waals surface area contributed by atoms with Crippen molar-refractivity contribution in [3.8, 4) is 11.5 Å². The molecule has 0 saturated heterocycles. The van der Waals surface area contributed by atoms with Gasteiger partial charge < -0.3 is 20.5 Å². The van der Waals surface area contributed by atoms with Crippen molar-refractivity contribution in [3.63, 3.8) is 0 Å². The van der Waals surface area contributed by atoms with Crippen molar-refractivity contribution < 1.29 is 19.1 Å². The number of carbonyl (C=O) groups excluding carboxylic acids is 2. The number of urea groups is 1. The van der Waals surface area contributed by atoms with Gasteiger partial charge in [0.2, 0.25) is 0 Å². The molecule has 0 heterocycles. The van der Waals surface area contributed by atoms with Gasteiger partial charge in [-0.3, -0.25) is 4.79 Å². The molecule has 8 heteroatoms. The van der Waals surface area contributed by atoms with Crippen LogP contribution in [-0.4, -0.2) is 31.4 Å². The summed E-state index contributed by atoms with van der Waals surface area (Å²) in [6, 6.07) is 12.9. The van der Waals surface area contributed by atoms with E-state index in [-0.39, 0.29) is 12.5 Å². The maximum absolute atomic E-state index is 12.6. The number of nitrogens with zero attached hydrogens (tertiary/aromatic N) is 1. The van der Waals surface area contributed by atoms with Gasteiger partial charge in [-0.1, -0.05) is 12.1 Å². The first-order valence-corrected chi connectivity index (χ1v) is 12.8. The number of nitrogens with two attached hydrogens (primary N) is 1. The van der Waals surface area contributed by atoms with Crippen LogP contribution < -0.4 is 25.9 Å². The molecular formula is C28H34N4O4. The number of hydrogen-bond donors (Lipinski definition) is 3. The molecule has 4 fully saturated rings. The van der Waals surface area contributed by atoms with Crippen molar-refractivity contribution in [2.75, 3.05) is 18.5 Å². The van der Waals surface area contributed by atoms with Crippen LogP contribution in [0.2, 0.25) is 0 Å². The molecule has 0 aliphatic heterocycles. The summed E-state index contributed by atoms with van der Waals surface area (Å²) in [4.78, 5) is 23.3. The van der Waals surface area contributed by atoms with Gasteiger partial charge in [0.1, 0.15) is 0 Å². The summed E-state index contributed by atoms with van der Waals surface area (Å²) in [5.41, 5.74) is 10.4. The number of anilines is 1. The van der Waals surface area contributed by atoms with Crippen LogP contribution >= 0.6 is 0 Å². The Hall–Kier alpha value is -3.55. The van der Waals surface area contributed by atoms with E-state index < -0.39 is 6.03 Å². The van der Waals surface area contributed by atoms with Crippen molar-refractivity contribution in [1.29, 1.82) is 0 Å². The smallest absolute Gasteiger partial charge is 0.332 e. The molecule has 2 aromatic rings. The summed E-state index contributed by atoms with van der Waals surface area (Å²) in [5, 5.41) is 6.68. The second kappa shape index (κ2) is 10.2. The van der Waals surface area contributed by atoms with Gasteiger partial charge in [0.05, 0.1) is 12.8 Å². The lowest BCUT2D eigenvalue weighted by Gasteiger charge is -2.57. The molecule has 0 atom stereocenters. The molecule has 0 unspecified atom stereocenters. The molecule has 3 amide bonds. The van der Waals surface area contributed by atoms with Crippen LogP contribution in [0.1, 0.15) is 56.6 Å². The van der Waals surface area contributed by atoms with Crippen LogP contribution in [0.3, 0.4) is 0 Å². The van der Waals surface area contributed by atoms with Gasteiger partial charge in [-0.05, 0) is 110 Å². The molecule has 0 aromatic heterocycles. The number of carbonyl (C=O) groups is 2. The number of amides is 3. The highest BCUT2D eigenvalue weighted by molar-refractivity contribution is 5.92. The van der Waals surface area contributed by atoms with Gasteiger partial charge in [0.25, 0.3) is 5.91 Å². The van der Waals surface area contributed by atoms with Crippen molar-refractivity contribution in [2.24, 2.45) is 28.6 Å². The second-order valence-electron chi connectivity index (χ2n) is 10.5. The van der Waals surface area contributed by atoms with Crippen molar-refractivity contribution in [1.82, 2.24) is 5.43 Å². The largest absolute Gasteiger partial charge is 0.490 e. The van der Waals surface area contributed by atoms with Crippen molar-refractivity contribution in [2.45, 2.75) is 50.9 Å². The predicted molar refractivity (Wildman–Crippen MR) is 138 cm³/mol. The van der Waals surface area contributed by atoms with Crippen molar-refractivity contribution >= 4 is 23.8 Å². The van der Waals surface area contributed by atoms with E-state index in [1.165, 1.54) is 50.3 Å². The van der Waals surface area contributed by atoms with Gasteiger partial charge in [0.15, 0.2) is 18.1 Å². The number of ether oxygens (including phenoxy) is 2. The zero-order valence-corrected chi connectivity index (χ0v) is 20.7. The zero-order chi connectivity index (χ0) is 25.1. The second-order valence-corrected chi connectivity index (χ2v) is 10.5. The monoisotopic (exact) mass is 490 g/mol. The molecule has 36 heavy (non-hydrogen) atoms. The molecule has 8 nitrogen and oxygen atoms in total. The minimum Gasteiger partial charge on any atom is -0.490 e. The molecule has 2 aromatic carbocycles. The van der Waals surface area contributed by atoms with Gasteiger partial charge in [-0.15, -0.1) is 0 Å². The summed E-state index contributed by atoms with van der Waals surface area (Å²) >= 11 is 0. The van der Waals surface area contributed by atoms with Gasteiger partial charge in [-0.2, -0.15) is 5.10 Å². The van der Waals surface area contributed by atoms with Crippen LogP contribution in [0.25, 0.3) is 0 Å². The highest BCUT2D eigenvalue weighted by Crippen LogP contribution is 2.60. The summed E-state index contributed by atoms with van der Waals surface area (Å²) in [5.74, 6) is 3.40. The van der Waals surface area contributed by atoms with E-state index in [1.54, 1.807) is 18.2 Å². The third-order valence-corrected chi connectivity index (χ3v) is 7.83. The Kier molecular flexibility index (Phi) is 6.85. The SMILES string of the molecule is CCOc1cc(/C=N\NC(N)=O)ccc1OCC(=O)Nc1ccc(C23CC4CC(CC(C4)C2)C3)cc1. The number of hydrogen-bond acceptors (Lipinski definition) is 5. The minimum absolute atomic E-state index is 0.145. The molecule has 4 N–H and O–H groups in total. The van der Waals surface area contributed by atoms with E-state index >= 15 is 0 Å². The average molecular weight is 491 g/mol. The predicted octanol–water partition coefficient (Wildman–Crippen LogP) is 4.57. The standard InChI is InChI=1S/C28H34N4O4/c1-2-35-25-12-18(16-30-32-27(29)34)3-8-24(25)36-17-26(33)31-23-6-4-22(5-7-23)28-13-19-9-20(14-28)11-21(10-19)15-28/h3-8,12,16,19-21H,2,9-11,13-15,17H2,1H3,(H,31,33)(H3,29,32,34)/b30-16-. The molecule has 0 spiro atoms. The maximum atomic E-state index is 12.6. The Morgan fingerprint density at radius 3 is 2.28 bits per heavy atom. The van der Waals surface area contributed by atoms with E-state index in [4.69, 9.17) is 15.2 Å². The van der Waals surface area contributed by atoms with E-state index in [0.717, 1.165) is 23.4 Å². The Balaban J connectivity index is 1.18. The Morgan fingerprint density at radius 2 is 1.67 bits per heavy atom. The number of hydrazone groups is 1. The third-order valence-electron chi connectivity index (χ3n) is 7.83. The normalized spacial score (nSPS) is 26.1. The highest BCUT2D eigenvalue weighted by Gasteiger charge is 2.51. The fourth-order valence-corrected chi connectivity index (χ4v) is 6.87. The summed E-state index contributed by atoms with van der Waals surface area (Å²) in [6.07, 6.45) is 9.72. The van der Waals surface area contributed by atoms with Gasteiger partial charge in [0, 0.05) is 5.69 Å². The van der Waals surface area contributed by atoms with Crippen LogP contribution in [-0.2, 0) is 10.2 Å². The van der Waals surface area contributed by atoms with Gasteiger partial charge in [-0.25, -0.2) is 10.2 Å². The first-order chi connectivity index (χ1) is 17.4. The molecule has 4 saturated carbocycles. The first-order valence-electron chi connectivity index (χ1n) is 12.8. The number of rotatable bonds is 9. The van der Waals surface area contributed by atoms with Crippen LogP contribution in [0, 0.1) is 17.8 Å². The lowest BCUT2D eigenvalue weighted by Crippen LogP contribution is -2.48. The summed E-state index contributed by atoms with van der Waals surface area (Å²) < 4.78 is 11.4. The van der Waals surface area contributed by atoms with E-state index in [1.807, 2.05) is 19.1 Å². The van der Waals surface area contributed by atoms with E-state index in [0.29, 0.717) is 29.1 Å². The fourth-order valence-electron chi connectivity index (χ4n) is 6.87. The molecule has 6 rings (SSSR count). The number of benzene rings is 2. The Morgan fingerprint density at radius 1 is 1.00 bits per heavy atom. The maximum Gasteiger partial charge on any atom is 0.332 e. The van der Waals surface area contributed by atoms with Crippen LogP contribution in [0.15, 0.2) is 47.6 Å². The highest BCUT2D eigenvalue weighted by atomic mass is 16.5. The third kappa shape index (κ3) is 5.32. The van der Waals surface area contributed by atoms with E-state index in [9.17, 15) is 9.59 Å². The minimum atomic E-state index is -0.746. The zero-order valence-electron chi connectivity index (χ0n) is 20.7. The Bertz CT molecular complexity index is 1110. The van der Waals surface area contributed by atoms with Gasteiger partial charge >= 0.3 is 6.03 Å². The number of nitrogens with one attached hydrogen (secondary N) is 2. The van der Waals surface area contributed by atoms with Crippen molar-refractivity contribution in [3.05, 3.63) is 53.6 Å². The molecule has 0 radical (unpaired) electrons. The summed E-state index contributed by atoms with van der Waals surface area (Å²) in [7, 11) is 0. The fraction of sp³-hybridized carbons (Fsp3) is 0.464. The first kappa shape index (κ1) is 24.2.